The number of alkyl halides is 2. The normalized spacial score (nSPS) is 21.2. The first-order chi connectivity index (χ1) is 25.8. The van der Waals surface area contributed by atoms with Gasteiger partial charge in [0, 0.05) is 29.9 Å². The molecule has 15 heteroatoms. The Kier molecular flexibility index (Phi) is 12.9. The van der Waals surface area contributed by atoms with Gasteiger partial charge in [0.25, 0.3) is 5.91 Å². The van der Waals surface area contributed by atoms with E-state index in [0.29, 0.717) is 56.1 Å². The van der Waals surface area contributed by atoms with Crippen molar-refractivity contribution in [3.63, 3.8) is 0 Å². The number of carbonyl (C=O) groups excluding carboxylic acids is 3. The van der Waals surface area contributed by atoms with E-state index in [1.54, 1.807) is 9.80 Å². The lowest BCUT2D eigenvalue weighted by Crippen LogP contribution is -2.56. The van der Waals surface area contributed by atoms with Crippen molar-refractivity contribution >= 4 is 46.7 Å². The molecule has 0 radical (unpaired) electrons. The number of thiophene rings is 1. The number of amides is 3. The summed E-state index contributed by atoms with van der Waals surface area (Å²) in [6.45, 7) is 8.84. The fourth-order valence-electron chi connectivity index (χ4n) is 8.03. The second kappa shape index (κ2) is 17.3. The summed E-state index contributed by atoms with van der Waals surface area (Å²) in [4.78, 5) is 67.0. The first kappa shape index (κ1) is 40.4. The number of fused-ring (bicyclic) bond motifs is 1. The average Bonchev–Trinajstić information content (AvgIpc) is 3.85. The summed E-state index contributed by atoms with van der Waals surface area (Å²) < 4.78 is 47.0. The van der Waals surface area contributed by atoms with Crippen LogP contribution in [-0.2, 0) is 24.6 Å². The largest absolute Gasteiger partial charge is 0.399 e. The van der Waals surface area contributed by atoms with Crippen molar-refractivity contribution in [1.82, 2.24) is 20.0 Å². The molecule has 3 aliphatic rings. The summed E-state index contributed by atoms with van der Waals surface area (Å²) in [5.41, 5.74) is -4.26. The molecule has 0 bridgehead atoms. The molecule has 3 saturated heterocycles. The van der Waals surface area contributed by atoms with Crippen molar-refractivity contribution in [3.8, 4) is 0 Å². The molecule has 2 aromatic carbocycles. The number of hydrogen-bond donors (Lipinski definition) is 3. The molecule has 294 valence electrons. The smallest absolute Gasteiger partial charge is 0.370 e. The van der Waals surface area contributed by atoms with Gasteiger partial charge in [-0.2, -0.15) is 8.78 Å². The highest BCUT2D eigenvalue weighted by atomic mass is 32.1. The van der Waals surface area contributed by atoms with E-state index in [2.05, 4.69) is 24.1 Å². The molecule has 3 aromatic rings. The number of halogens is 2. The standard InChI is InChI=1S/C39H51F2N4O7PS/c1-3-26(4-2)24-43-17-14-27(15-18-43)21-31(42-36(46)35-23-29-22-30(12-13-34(29)54-35)39(40,41)53(49,50)51)37(47)45-16-8-11-32(45)38(48)44-19-20-52-33(25-44)28-9-6-5-7-10-28/h5-7,9-10,12-13,22-23,26-27,31-33H,3-4,8,11,14-21,24-25H2,1-2H3,(H,42,46)(H2,49,50,51). The summed E-state index contributed by atoms with van der Waals surface area (Å²) >= 11 is 1.04. The number of rotatable bonds is 13. The SMILES string of the molecule is CCC(CC)CN1CCC(CC(NC(=O)c2cc3cc(C(F)(F)P(=O)(O)O)ccc3s2)C(=O)N2CCCC2C(=O)N2CCOC(c3ccccc3)C2)CC1. The van der Waals surface area contributed by atoms with Crippen molar-refractivity contribution in [1.29, 1.82) is 0 Å². The molecule has 3 fully saturated rings. The molecule has 3 amide bonds. The van der Waals surface area contributed by atoms with Gasteiger partial charge in [0.15, 0.2) is 0 Å². The monoisotopic (exact) mass is 788 g/mol. The van der Waals surface area contributed by atoms with Gasteiger partial charge in [-0.3, -0.25) is 18.9 Å². The third-order valence-electron chi connectivity index (χ3n) is 11.4. The number of morpholine rings is 1. The van der Waals surface area contributed by atoms with Gasteiger partial charge < -0.3 is 34.5 Å². The van der Waals surface area contributed by atoms with Gasteiger partial charge in [-0.15, -0.1) is 11.3 Å². The van der Waals surface area contributed by atoms with E-state index in [0.717, 1.165) is 74.4 Å². The number of piperidine rings is 1. The zero-order valence-electron chi connectivity index (χ0n) is 30.9. The first-order valence-corrected chi connectivity index (χ1v) is 21.5. The van der Waals surface area contributed by atoms with E-state index in [-0.39, 0.29) is 34.1 Å². The first-order valence-electron chi connectivity index (χ1n) is 19.1. The Labute approximate surface area is 319 Å². The van der Waals surface area contributed by atoms with Crippen LogP contribution in [0.15, 0.2) is 54.6 Å². The predicted molar refractivity (Wildman–Crippen MR) is 203 cm³/mol. The molecule has 3 atom stereocenters. The molecule has 0 saturated carbocycles. The lowest BCUT2D eigenvalue weighted by Gasteiger charge is -2.38. The van der Waals surface area contributed by atoms with Crippen molar-refractivity contribution in [2.75, 3.05) is 45.9 Å². The Hall–Kier alpha value is -3.26. The quantitative estimate of drug-likeness (QED) is 0.170. The summed E-state index contributed by atoms with van der Waals surface area (Å²) in [7, 11) is -5.78. The summed E-state index contributed by atoms with van der Waals surface area (Å²) in [5, 5.41) is 3.20. The number of benzene rings is 2. The van der Waals surface area contributed by atoms with Crippen LogP contribution in [0.4, 0.5) is 8.78 Å². The Bertz CT molecular complexity index is 1830. The predicted octanol–water partition coefficient (Wildman–Crippen LogP) is 6.36. The highest BCUT2D eigenvalue weighted by Gasteiger charge is 2.50. The summed E-state index contributed by atoms with van der Waals surface area (Å²) in [5.74, 6) is -0.187. The van der Waals surface area contributed by atoms with Crippen LogP contribution in [0.3, 0.4) is 0 Å². The number of ether oxygens (including phenoxy) is 1. The van der Waals surface area contributed by atoms with Gasteiger partial charge in [-0.05, 0) is 86.2 Å². The topological polar surface area (TPSA) is 140 Å². The van der Waals surface area contributed by atoms with Crippen molar-refractivity contribution in [2.45, 2.75) is 82.6 Å². The number of nitrogens with zero attached hydrogens (tertiary/aromatic N) is 3. The maximum absolute atomic E-state index is 14.5. The molecule has 0 spiro atoms. The lowest BCUT2D eigenvalue weighted by molar-refractivity contribution is -0.149. The second-order valence-electron chi connectivity index (χ2n) is 14.9. The molecule has 3 unspecified atom stereocenters. The van der Waals surface area contributed by atoms with Crippen LogP contribution >= 0.6 is 18.9 Å². The second-order valence-corrected chi connectivity index (χ2v) is 17.6. The minimum absolute atomic E-state index is 0.128. The van der Waals surface area contributed by atoms with E-state index in [1.165, 1.54) is 12.1 Å². The molecule has 1 aromatic heterocycles. The Morgan fingerprint density at radius 1 is 1.00 bits per heavy atom. The van der Waals surface area contributed by atoms with Crippen LogP contribution < -0.4 is 5.32 Å². The Morgan fingerprint density at radius 2 is 1.72 bits per heavy atom. The zero-order valence-corrected chi connectivity index (χ0v) is 32.6. The van der Waals surface area contributed by atoms with Gasteiger partial charge >= 0.3 is 13.3 Å². The Balaban J connectivity index is 1.20. The fourth-order valence-corrected chi connectivity index (χ4v) is 9.45. The molecular weight excluding hydrogens is 737 g/mol. The minimum Gasteiger partial charge on any atom is -0.370 e. The van der Waals surface area contributed by atoms with Crippen LogP contribution in [-0.4, -0.2) is 100 Å². The van der Waals surface area contributed by atoms with Crippen LogP contribution in [0.25, 0.3) is 10.1 Å². The van der Waals surface area contributed by atoms with Gasteiger partial charge in [-0.25, -0.2) is 0 Å². The van der Waals surface area contributed by atoms with Crippen LogP contribution in [0.5, 0.6) is 0 Å². The highest BCUT2D eigenvalue weighted by Crippen LogP contribution is 2.59. The fraction of sp³-hybridized carbons (Fsp3) is 0.564. The molecule has 6 rings (SSSR count). The van der Waals surface area contributed by atoms with Crippen LogP contribution in [0.1, 0.15) is 85.7 Å². The van der Waals surface area contributed by atoms with E-state index in [4.69, 9.17) is 4.74 Å². The third kappa shape index (κ3) is 9.06. The third-order valence-corrected chi connectivity index (χ3v) is 13.5. The molecule has 0 aliphatic carbocycles. The molecular formula is C39H51F2N4O7PS. The average molecular weight is 789 g/mol. The van der Waals surface area contributed by atoms with E-state index < -0.39 is 36.8 Å². The number of hydrogen-bond acceptors (Lipinski definition) is 7. The van der Waals surface area contributed by atoms with E-state index >= 15 is 0 Å². The number of likely N-dealkylation sites (tertiary alicyclic amines) is 2. The number of nitrogens with one attached hydrogen (secondary N) is 1. The molecule has 4 heterocycles. The molecule has 3 aliphatic heterocycles. The highest BCUT2D eigenvalue weighted by molar-refractivity contribution is 7.52. The van der Waals surface area contributed by atoms with Crippen molar-refractivity contribution in [3.05, 3.63) is 70.6 Å². The maximum Gasteiger partial charge on any atom is 0.399 e. The zero-order chi connectivity index (χ0) is 38.6. The van der Waals surface area contributed by atoms with Gasteiger partial charge in [0.1, 0.15) is 18.2 Å². The Morgan fingerprint density at radius 3 is 2.41 bits per heavy atom. The molecule has 3 N–H and O–H groups in total. The van der Waals surface area contributed by atoms with Gasteiger partial charge in [0.05, 0.1) is 18.0 Å². The summed E-state index contributed by atoms with van der Waals surface area (Å²) in [6, 6.07) is 12.8. The van der Waals surface area contributed by atoms with Crippen LogP contribution in [0.2, 0.25) is 0 Å². The maximum atomic E-state index is 14.5. The lowest BCUT2D eigenvalue weighted by atomic mass is 9.88. The minimum atomic E-state index is -5.78. The molecule has 11 nitrogen and oxygen atoms in total. The van der Waals surface area contributed by atoms with E-state index in [9.17, 15) is 37.5 Å². The van der Waals surface area contributed by atoms with Crippen molar-refractivity contribution < 1.29 is 42.3 Å². The molecule has 54 heavy (non-hydrogen) atoms. The van der Waals surface area contributed by atoms with Crippen molar-refractivity contribution in [2.24, 2.45) is 11.8 Å². The van der Waals surface area contributed by atoms with Gasteiger partial charge in [-0.1, -0.05) is 63.1 Å². The van der Waals surface area contributed by atoms with E-state index in [1.807, 2.05) is 30.3 Å². The summed E-state index contributed by atoms with van der Waals surface area (Å²) in [6.07, 6.45) is 5.30. The number of carbonyl (C=O) groups is 3. The van der Waals surface area contributed by atoms with Crippen LogP contribution in [0, 0.1) is 11.8 Å². The van der Waals surface area contributed by atoms with Gasteiger partial charge in [0.2, 0.25) is 11.8 Å².